The minimum absolute atomic E-state index is 0.0443. The van der Waals surface area contributed by atoms with Crippen molar-refractivity contribution >= 4 is 28.4 Å². The van der Waals surface area contributed by atoms with E-state index in [1.165, 1.54) is 6.42 Å². The maximum absolute atomic E-state index is 12.8. The molecule has 0 atom stereocenters. The Bertz CT molecular complexity index is 1050. The van der Waals surface area contributed by atoms with Gasteiger partial charge in [0.2, 0.25) is 11.8 Å². The first-order valence-electron chi connectivity index (χ1n) is 8.23. The Morgan fingerprint density at radius 3 is 2.61 bits per heavy atom. The molecule has 0 bridgehead atoms. The molecule has 3 rings (SSSR count). The quantitative estimate of drug-likeness (QED) is 0.701. The smallest absolute Gasteiger partial charge is 0.366 e. The Labute approximate surface area is 158 Å². The number of benzene rings is 2. The van der Waals surface area contributed by atoms with Crippen LogP contribution in [0.15, 0.2) is 54.7 Å². The average molecular weight is 386 g/mol. The monoisotopic (exact) mass is 386 g/mol. The van der Waals surface area contributed by atoms with Crippen molar-refractivity contribution < 1.29 is 22.8 Å². The van der Waals surface area contributed by atoms with Crippen molar-refractivity contribution in [3.05, 3.63) is 77.8 Å². The largest absolute Gasteiger partial charge is 0.416 e. The van der Waals surface area contributed by atoms with Crippen molar-refractivity contribution in [3.8, 4) is 0 Å². The summed E-state index contributed by atoms with van der Waals surface area (Å²) in [6.45, 7) is 0. The van der Waals surface area contributed by atoms with Crippen LogP contribution in [-0.2, 0) is 17.4 Å². The van der Waals surface area contributed by atoms with Gasteiger partial charge in [0.1, 0.15) is 0 Å². The number of anilines is 1. The Kier molecular flexibility index (Phi) is 5.30. The highest BCUT2D eigenvalue weighted by Crippen LogP contribution is 2.30. The van der Waals surface area contributed by atoms with E-state index in [0.717, 1.165) is 23.0 Å². The van der Waals surface area contributed by atoms with E-state index in [2.05, 4.69) is 10.3 Å². The molecule has 0 saturated carbocycles. The molecule has 0 aliphatic carbocycles. The number of hydrogen-bond donors (Lipinski definition) is 2. The molecule has 3 aromatic rings. The van der Waals surface area contributed by atoms with Crippen LogP contribution in [0.4, 0.5) is 18.9 Å². The summed E-state index contributed by atoms with van der Waals surface area (Å²) in [6, 6.07) is 11.5. The van der Waals surface area contributed by atoms with E-state index in [0.29, 0.717) is 11.8 Å². The maximum Gasteiger partial charge on any atom is 0.416 e. The van der Waals surface area contributed by atoms with Crippen LogP contribution in [0.3, 0.4) is 0 Å². The topological polar surface area (TPSA) is 85.1 Å². The van der Waals surface area contributed by atoms with Crippen LogP contribution < -0.4 is 11.1 Å². The molecule has 8 heteroatoms. The van der Waals surface area contributed by atoms with Crippen LogP contribution in [0, 0.1) is 6.42 Å². The van der Waals surface area contributed by atoms with Crippen molar-refractivity contribution in [2.24, 2.45) is 5.73 Å². The van der Waals surface area contributed by atoms with Gasteiger partial charge < -0.3 is 11.1 Å². The number of alkyl halides is 3. The molecular weight excluding hydrogens is 371 g/mol. The summed E-state index contributed by atoms with van der Waals surface area (Å²) >= 11 is 0. The third-order valence-corrected chi connectivity index (χ3v) is 4.08. The summed E-state index contributed by atoms with van der Waals surface area (Å²) in [4.78, 5) is 27.8. The fourth-order valence-corrected chi connectivity index (χ4v) is 2.71. The van der Waals surface area contributed by atoms with Gasteiger partial charge in [-0.3, -0.25) is 14.6 Å². The molecule has 0 fully saturated rings. The summed E-state index contributed by atoms with van der Waals surface area (Å²) in [5, 5.41) is 3.52. The van der Waals surface area contributed by atoms with Crippen molar-refractivity contribution in [1.29, 1.82) is 0 Å². The molecule has 3 N–H and O–H groups in total. The third-order valence-electron chi connectivity index (χ3n) is 4.08. The Morgan fingerprint density at radius 2 is 1.89 bits per heavy atom. The lowest BCUT2D eigenvalue weighted by atomic mass is 9.99. The van der Waals surface area contributed by atoms with E-state index >= 15 is 0 Å². The van der Waals surface area contributed by atoms with Gasteiger partial charge in [0, 0.05) is 22.8 Å². The van der Waals surface area contributed by atoms with Gasteiger partial charge in [-0.15, -0.1) is 0 Å². The van der Waals surface area contributed by atoms with Gasteiger partial charge in [-0.25, -0.2) is 0 Å². The minimum Gasteiger partial charge on any atom is -0.366 e. The summed E-state index contributed by atoms with van der Waals surface area (Å²) in [5.74, 6) is -1.45. The second-order valence-electron chi connectivity index (χ2n) is 6.04. The van der Waals surface area contributed by atoms with Gasteiger partial charge in [0.15, 0.2) is 0 Å². The number of nitrogens with zero attached hydrogens (tertiary/aromatic N) is 1. The predicted octanol–water partition coefficient (Wildman–Crippen LogP) is 3.74. The fourth-order valence-electron chi connectivity index (χ4n) is 2.71. The molecule has 0 unspecified atom stereocenters. The zero-order valence-electron chi connectivity index (χ0n) is 14.5. The third kappa shape index (κ3) is 4.46. The lowest BCUT2D eigenvalue weighted by Crippen LogP contribution is -2.18. The number of nitrogens with one attached hydrogen (secondary N) is 1. The molecule has 1 heterocycles. The Balaban J connectivity index is 1.70. The minimum atomic E-state index is -4.59. The molecule has 0 aliphatic heterocycles. The number of carbonyl (C=O) groups excluding carboxylic acids is 2. The van der Waals surface area contributed by atoms with E-state index in [4.69, 9.17) is 5.73 Å². The van der Waals surface area contributed by atoms with Crippen molar-refractivity contribution in [3.63, 3.8) is 0 Å². The first-order valence-corrected chi connectivity index (χ1v) is 8.23. The van der Waals surface area contributed by atoms with Crippen LogP contribution in [0.1, 0.15) is 21.5 Å². The molecule has 143 valence electrons. The first kappa shape index (κ1) is 19.3. The van der Waals surface area contributed by atoms with E-state index in [1.54, 1.807) is 30.5 Å². The molecule has 0 spiro atoms. The number of rotatable bonds is 5. The van der Waals surface area contributed by atoms with E-state index in [9.17, 15) is 22.8 Å². The maximum atomic E-state index is 12.8. The number of primary amides is 1. The highest BCUT2D eigenvalue weighted by Gasteiger charge is 2.31. The molecular formula is C20H15F3N3O2. The summed E-state index contributed by atoms with van der Waals surface area (Å²) in [6.07, 6.45) is -1.73. The van der Waals surface area contributed by atoms with Crippen LogP contribution in [0.5, 0.6) is 0 Å². The van der Waals surface area contributed by atoms with Gasteiger partial charge in [-0.05, 0) is 48.4 Å². The number of halogens is 3. The molecule has 28 heavy (non-hydrogen) atoms. The number of hydrogen-bond acceptors (Lipinski definition) is 3. The molecule has 1 aromatic heterocycles. The SMILES string of the molecule is NC(=O)c1cc(C(F)(F)F)ccc1C[CH]C(=O)Nc1ccc2ncccc2c1. The second kappa shape index (κ2) is 7.67. The standard InChI is InChI=1S/C20H15F3N3O2/c21-20(22,23)14-5-3-12(16(11-14)19(24)28)4-8-18(27)26-15-6-7-17-13(10-15)2-1-9-25-17/h1-3,5-11H,4H2,(H2,24,28)(H,26,27). The normalized spacial score (nSPS) is 11.4. The van der Waals surface area contributed by atoms with E-state index < -0.39 is 23.6 Å². The first-order chi connectivity index (χ1) is 13.2. The van der Waals surface area contributed by atoms with Crippen molar-refractivity contribution in [1.82, 2.24) is 4.98 Å². The van der Waals surface area contributed by atoms with Gasteiger partial charge in [0.25, 0.3) is 0 Å². The summed E-state index contributed by atoms with van der Waals surface area (Å²) < 4.78 is 38.4. The summed E-state index contributed by atoms with van der Waals surface area (Å²) in [5.41, 5.74) is 5.50. The number of pyridine rings is 1. The van der Waals surface area contributed by atoms with Crippen LogP contribution in [0.25, 0.3) is 10.9 Å². The summed E-state index contributed by atoms with van der Waals surface area (Å²) in [7, 11) is 0. The number of fused-ring (bicyclic) bond motifs is 1. The lowest BCUT2D eigenvalue weighted by molar-refractivity contribution is -0.137. The van der Waals surface area contributed by atoms with Gasteiger partial charge in [-0.1, -0.05) is 12.1 Å². The fraction of sp³-hybridized carbons (Fsp3) is 0.100. The predicted molar refractivity (Wildman–Crippen MR) is 98.3 cm³/mol. The van der Waals surface area contributed by atoms with Crippen molar-refractivity contribution in [2.75, 3.05) is 5.32 Å². The van der Waals surface area contributed by atoms with Gasteiger partial charge in [0.05, 0.1) is 17.5 Å². The molecule has 5 nitrogen and oxygen atoms in total. The Morgan fingerprint density at radius 1 is 1.11 bits per heavy atom. The van der Waals surface area contributed by atoms with Gasteiger partial charge in [-0.2, -0.15) is 13.2 Å². The molecule has 1 radical (unpaired) electrons. The highest BCUT2D eigenvalue weighted by atomic mass is 19.4. The van der Waals surface area contributed by atoms with Crippen LogP contribution in [0.2, 0.25) is 0 Å². The van der Waals surface area contributed by atoms with Crippen molar-refractivity contribution in [2.45, 2.75) is 12.6 Å². The zero-order valence-corrected chi connectivity index (χ0v) is 14.5. The molecule has 0 aliphatic rings. The second-order valence-corrected chi connectivity index (χ2v) is 6.04. The lowest BCUT2D eigenvalue weighted by Gasteiger charge is -2.12. The average Bonchev–Trinajstić information content (AvgIpc) is 2.65. The van der Waals surface area contributed by atoms with E-state index in [-0.39, 0.29) is 17.5 Å². The number of aromatic nitrogens is 1. The number of nitrogens with two attached hydrogens (primary N) is 1. The number of amides is 2. The zero-order chi connectivity index (χ0) is 20.3. The van der Waals surface area contributed by atoms with Crippen LogP contribution >= 0.6 is 0 Å². The molecule has 0 saturated heterocycles. The Hall–Kier alpha value is -3.42. The van der Waals surface area contributed by atoms with Crippen LogP contribution in [-0.4, -0.2) is 16.8 Å². The molecule has 2 aromatic carbocycles. The molecule has 2 amide bonds. The number of carbonyl (C=O) groups is 2. The van der Waals surface area contributed by atoms with Gasteiger partial charge >= 0.3 is 6.18 Å². The highest BCUT2D eigenvalue weighted by molar-refractivity contribution is 5.99. The van der Waals surface area contributed by atoms with E-state index in [1.807, 2.05) is 6.07 Å².